The summed E-state index contributed by atoms with van der Waals surface area (Å²) in [5.41, 5.74) is 7.62. The molecule has 0 saturated carbocycles. The Bertz CT molecular complexity index is 1340. The van der Waals surface area contributed by atoms with Crippen LogP contribution in [-0.2, 0) is 36.9 Å². The van der Waals surface area contributed by atoms with Crippen LogP contribution in [0.3, 0.4) is 0 Å². The number of hydrogen-bond donors (Lipinski definition) is 1. The maximum absolute atomic E-state index is 13.7. The SMILES string of the molecule is CCc1cccc(C(F)(F)F)c1SCn1c(N)[n+](CSc2c(CC)cccc2C(F)(F)F)c2ccccc21.[Br-]. The number of alkyl halides is 6. The van der Waals surface area contributed by atoms with Gasteiger partial charge in [0.25, 0.3) is 0 Å². The molecule has 0 bridgehead atoms. The van der Waals surface area contributed by atoms with Gasteiger partial charge < -0.3 is 17.0 Å². The van der Waals surface area contributed by atoms with Crippen molar-refractivity contribution in [2.45, 2.75) is 60.6 Å². The standard InChI is InChI=1S/C27H25F6N3S2.BrH/c1-3-17-9-7-11-19(26(28,29)30)23(17)37-15-35-21-13-5-6-14-22(21)36(25(35)34)16-38-24-18(4-2)10-8-12-20(24)27(31,32)33;/h5-14,34H,3-4,15-16H2,1-2H3;1H. The molecule has 2 N–H and O–H groups in total. The zero-order chi connectivity index (χ0) is 27.7. The van der Waals surface area contributed by atoms with E-state index in [-0.39, 0.29) is 44.5 Å². The van der Waals surface area contributed by atoms with E-state index in [0.29, 0.717) is 35.0 Å². The van der Waals surface area contributed by atoms with Gasteiger partial charge in [0.2, 0.25) is 0 Å². The molecule has 0 aliphatic heterocycles. The van der Waals surface area contributed by atoms with Crippen LogP contribution in [0.1, 0.15) is 36.1 Å². The van der Waals surface area contributed by atoms with E-state index in [0.717, 1.165) is 35.7 Å². The lowest BCUT2D eigenvalue weighted by Crippen LogP contribution is -3.00. The van der Waals surface area contributed by atoms with Crippen molar-refractivity contribution in [1.82, 2.24) is 4.57 Å². The topological polar surface area (TPSA) is 34.8 Å². The second kappa shape index (κ2) is 12.5. The summed E-state index contributed by atoms with van der Waals surface area (Å²) < 4.78 is 85.8. The molecule has 4 rings (SSSR count). The third-order valence-electron chi connectivity index (χ3n) is 6.26. The lowest BCUT2D eigenvalue weighted by Gasteiger charge is -2.16. The molecule has 0 saturated heterocycles. The number of hydrogen-bond acceptors (Lipinski definition) is 3. The summed E-state index contributed by atoms with van der Waals surface area (Å²) in [7, 11) is 0. The number of nitrogens with zero attached hydrogens (tertiary/aromatic N) is 2. The number of para-hydroxylation sites is 2. The number of anilines is 1. The van der Waals surface area contributed by atoms with Gasteiger partial charge in [-0.3, -0.25) is 5.73 Å². The number of aryl methyl sites for hydroxylation is 2. The third-order valence-corrected chi connectivity index (χ3v) is 8.57. The van der Waals surface area contributed by atoms with Gasteiger partial charge in [0.15, 0.2) is 0 Å². The fourth-order valence-electron chi connectivity index (χ4n) is 4.36. The predicted molar refractivity (Wildman–Crippen MR) is 140 cm³/mol. The van der Waals surface area contributed by atoms with Crippen LogP contribution >= 0.6 is 23.5 Å². The molecular weight excluding hydrogens is 624 g/mol. The van der Waals surface area contributed by atoms with Gasteiger partial charge in [-0.2, -0.15) is 26.3 Å². The van der Waals surface area contributed by atoms with Crippen molar-refractivity contribution in [3.05, 3.63) is 82.9 Å². The largest absolute Gasteiger partial charge is 1.00 e. The maximum atomic E-state index is 13.7. The quantitative estimate of drug-likeness (QED) is 0.162. The normalized spacial score (nSPS) is 12.1. The molecule has 0 unspecified atom stereocenters. The van der Waals surface area contributed by atoms with Gasteiger partial charge in [-0.1, -0.05) is 73.8 Å². The summed E-state index contributed by atoms with van der Waals surface area (Å²) in [6.45, 7) is 3.60. The molecule has 4 aromatic rings. The van der Waals surface area contributed by atoms with E-state index in [1.165, 1.54) is 12.1 Å². The second-order valence-corrected chi connectivity index (χ2v) is 10.5. The van der Waals surface area contributed by atoms with Gasteiger partial charge in [0.05, 0.1) is 11.1 Å². The predicted octanol–water partition coefficient (Wildman–Crippen LogP) is 5.18. The molecule has 3 aromatic carbocycles. The van der Waals surface area contributed by atoms with Crippen LogP contribution in [0.4, 0.5) is 32.3 Å². The molecule has 0 aliphatic carbocycles. The summed E-state index contributed by atoms with van der Waals surface area (Å²) in [6.07, 6.45) is -8.14. The summed E-state index contributed by atoms with van der Waals surface area (Å²) >= 11 is 2.08. The number of halogens is 7. The minimum Gasteiger partial charge on any atom is -1.00 e. The average Bonchev–Trinajstić information content (AvgIpc) is 3.14. The molecule has 0 aliphatic rings. The number of benzene rings is 3. The molecular formula is C27H26BrF6N3S2. The zero-order valence-corrected chi connectivity index (χ0v) is 24.3. The second-order valence-electron chi connectivity index (χ2n) is 8.54. The minimum absolute atomic E-state index is 0. The van der Waals surface area contributed by atoms with E-state index in [4.69, 9.17) is 5.73 Å². The van der Waals surface area contributed by atoms with Crippen molar-refractivity contribution >= 4 is 40.5 Å². The van der Waals surface area contributed by atoms with Crippen LogP contribution in [-0.4, -0.2) is 4.57 Å². The zero-order valence-electron chi connectivity index (χ0n) is 21.0. The first-order valence-corrected chi connectivity index (χ1v) is 13.8. The van der Waals surface area contributed by atoms with Crippen LogP contribution in [0.15, 0.2) is 70.5 Å². The third kappa shape index (κ3) is 6.54. The Morgan fingerprint density at radius 2 is 1.26 bits per heavy atom. The summed E-state index contributed by atoms with van der Waals surface area (Å²) in [5.74, 6) is 0.448. The lowest BCUT2D eigenvalue weighted by molar-refractivity contribution is -0.635. The Morgan fingerprint density at radius 1 is 0.744 bits per heavy atom. The van der Waals surface area contributed by atoms with E-state index < -0.39 is 23.5 Å². The first kappa shape index (κ1) is 31.2. The van der Waals surface area contributed by atoms with Crippen LogP contribution in [0.25, 0.3) is 11.0 Å². The van der Waals surface area contributed by atoms with Gasteiger partial charge in [-0.15, -0.1) is 0 Å². The van der Waals surface area contributed by atoms with Crippen LogP contribution in [0.5, 0.6) is 0 Å². The number of nitrogens with two attached hydrogens (primary N) is 1. The first-order chi connectivity index (χ1) is 18.0. The Morgan fingerprint density at radius 3 is 1.77 bits per heavy atom. The van der Waals surface area contributed by atoms with Gasteiger partial charge >= 0.3 is 18.3 Å². The maximum Gasteiger partial charge on any atom is 0.417 e. The van der Waals surface area contributed by atoms with Gasteiger partial charge in [-0.05, 0) is 48.2 Å². The van der Waals surface area contributed by atoms with Crippen LogP contribution in [0.2, 0.25) is 0 Å². The van der Waals surface area contributed by atoms with E-state index >= 15 is 0 Å². The van der Waals surface area contributed by atoms with Gasteiger partial charge in [0, 0.05) is 9.79 Å². The highest BCUT2D eigenvalue weighted by Crippen LogP contribution is 2.41. The molecule has 12 heteroatoms. The highest BCUT2D eigenvalue weighted by atomic mass is 79.9. The Hall–Kier alpha value is -2.31. The van der Waals surface area contributed by atoms with Crippen molar-refractivity contribution < 1.29 is 47.9 Å². The number of aromatic nitrogens is 2. The van der Waals surface area contributed by atoms with Crippen molar-refractivity contribution in [1.29, 1.82) is 0 Å². The summed E-state index contributed by atoms with van der Waals surface area (Å²) in [6, 6.07) is 15.5. The highest BCUT2D eigenvalue weighted by Gasteiger charge is 2.36. The minimum atomic E-state index is -4.50. The lowest BCUT2D eigenvalue weighted by atomic mass is 10.1. The molecule has 0 spiro atoms. The molecule has 0 fully saturated rings. The van der Waals surface area contributed by atoms with E-state index in [1.54, 1.807) is 59.4 Å². The Balaban J connectivity index is 0.00000420. The summed E-state index contributed by atoms with van der Waals surface area (Å²) in [5, 5.41) is 0. The van der Waals surface area contributed by atoms with Gasteiger partial charge in [-0.25, -0.2) is 9.13 Å². The van der Waals surface area contributed by atoms with Crippen LogP contribution < -0.4 is 27.3 Å². The van der Waals surface area contributed by atoms with Crippen LogP contribution in [0, 0.1) is 0 Å². The van der Waals surface area contributed by atoms with Crippen molar-refractivity contribution in [2.24, 2.45) is 0 Å². The molecule has 1 heterocycles. The van der Waals surface area contributed by atoms with E-state index in [2.05, 4.69) is 0 Å². The number of nitrogen functional groups attached to an aromatic ring is 1. The number of thioether (sulfide) groups is 2. The number of imidazole rings is 1. The Kier molecular flexibility index (Phi) is 9.98. The summed E-state index contributed by atoms with van der Waals surface area (Å²) in [4.78, 5) is 0.291. The Labute approximate surface area is 241 Å². The average molecular weight is 651 g/mol. The smallest absolute Gasteiger partial charge is 0.417 e. The van der Waals surface area contributed by atoms with Crippen molar-refractivity contribution in [3.63, 3.8) is 0 Å². The molecule has 210 valence electrons. The van der Waals surface area contributed by atoms with E-state index in [1.807, 2.05) is 0 Å². The van der Waals surface area contributed by atoms with Crippen molar-refractivity contribution in [3.8, 4) is 0 Å². The molecule has 0 atom stereocenters. The fourth-order valence-corrected chi connectivity index (χ4v) is 6.89. The van der Waals surface area contributed by atoms with Crippen molar-refractivity contribution in [2.75, 3.05) is 5.73 Å². The number of rotatable bonds is 8. The monoisotopic (exact) mass is 649 g/mol. The van der Waals surface area contributed by atoms with Gasteiger partial charge in [0.1, 0.15) is 22.8 Å². The number of fused-ring (bicyclic) bond motifs is 1. The molecule has 0 radical (unpaired) electrons. The molecule has 1 aromatic heterocycles. The molecule has 0 amide bonds. The first-order valence-electron chi connectivity index (χ1n) is 11.9. The highest BCUT2D eigenvalue weighted by molar-refractivity contribution is 7.98. The molecule has 3 nitrogen and oxygen atoms in total. The van der Waals surface area contributed by atoms with E-state index in [9.17, 15) is 26.3 Å². The fraction of sp³-hybridized carbons (Fsp3) is 0.296. The molecule has 39 heavy (non-hydrogen) atoms.